The predicted octanol–water partition coefficient (Wildman–Crippen LogP) is 1.73. The summed E-state index contributed by atoms with van der Waals surface area (Å²) < 4.78 is 13.8. The van der Waals surface area contributed by atoms with Crippen molar-refractivity contribution in [2.75, 3.05) is 0 Å². The molecule has 100 valence electrons. The highest BCUT2D eigenvalue weighted by atomic mass is 32.2. The monoisotopic (exact) mass is 278 g/mol. The Morgan fingerprint density at radius 2 is 2.16 bits per heavy atom. The van der Waals surface area contributed by atoms with Gasteiger partial charge in [-0.1, -0.05) is 6.07 Å². The molecule has 0 saturated heterocycles. The van der Waals surface area contributed by atoms with E-state index in [2.05, 4.69) is 5.10 Å². The Hall–Kier alpha value is -1.95. The van der Waals surface area contributed by atoms with Gasteiger partial charge in [-0.05, 0) is 30.7 Å². The minimum Gasteiger partial charge on any atom is -0.478 e. The summed E-state index contributed by atoms with van der Waals surface area (Å²) in [6.07, 6.45) is 1.78. The molecule has 2 rings (SSSR count). The highest BCUT2D eigenvalue weighted by Gasteiger charge is 2.12. The van der Waals surface area contributed by atoms with Crippen LogP contribution in [-0.4, -0.2) is 25.1 Å². The van der Waals surface area contributed by atoms with Gasteiger partial charge in [0.05, 0.1) is 27.8 Å². The number of hydrogen-bond donors (Lipinski definition) is 1. The van der Waals surface area contributed by atoms with E-state index in [4.69, 9.17) is 5.11 Å². The Morgan fingerprint density at radius 3 is 2.74 bits per heavy atom. The van der Waals surface area contributed by atoms with Crippen LogP contribution in [0.15, 0.2) is 35.4 Å². The van der Waals surface area contributed by atoms with E-state index in [0.29, 0.717) is 10.5 Å². The largest absolute Gasteiger partial charge is 0.478 e. The number of hydrogen-bond acceptors (Lipinski definition) is 3. The van der Waals surface area contributed by atoms with Gasteiger partial charge < -0.3 is 5.11 Å². The molecule has 2 aromatic rings. The van der Waals surface area contributed by atoms with Crippen LogP contribution in [-0.2, 0) is 23.6 Å². The molecule has 0 saturated carbocycles. The van der Waals surface area contributed by atoms with Gasteiger partial charge in [-0.2, -0.15) is 5.10 Å². The van der Waals surface area contributed by atoms with Crippen LogP contribution in [0.1, 0.15) is 21.6 Å². The van der Waals surface area contributed by atoms with Gasteiger partial charge in [-0.3, -0.25) is 8.89 Å². The molecule has 0 radical (unpaired) electrons. The molecule has 0 bridgehead atoms. The van der Waals surface area contributed by atoms with Crippen LogP contribution in [0.2, 0.25) is 0 Å². The smallest absolute Gasteiger partial charge is 0.335 e. The first-order valence-corrected chi connectivity index (χ1v) is 7.00. The van der Waals surface area contributed by atoms with Crippen molar-refractivity contribution in [3.63, 3.8) is 0 Å². The second kappa shape index (κ2) is 5.36. The van der Waals surface area contributed by atoms with Crippen LogP contribution >= 0.6 is 0 Å². The van der Waals surface area contributed by atoms with Gasteiger partial charge >= 0.3 is 5.97 Å². The second-order valence-corrected chi connectivity index (χ2v) is 5.70. The number of nitrogens with zero attached hydrogens (tertiary/aromatic N) is 2. The number of carboxylic acids is 1. The number of aryl methyl sites for hydroxylation is 2. The first-order chi connectivity index (χ1) is 8.97. The van der Waals surface area contributed by atoms with E-state index < -0.39 is 16.8 Å². The lowest BCUT2D eigenvalue weighted by Crippen LogP contribution is -2.03. The SMILES string of the molecule is Cc1ccc(S(=O)Cc2ccn(C)n2)cc1C(=O)O. The molecule has 0 aliphatic carbocycles. The fourth-order valence-corrected chi connectivity index (χ4v) is 2.79. The summed E-state index contributed by atoms with van der Waals surface area (Å²) in [4.78, 5) is 11.6. The summed E-state index contributed by atoms with van der Waals surface area (Å²) >= 11 is 0. The summed E-state index contributed by atoms with van der Waals surface area (Å²) in [5.41, 5.74) is 1.57. The van der Waals surface area contributed by atoms with Crippen molar-refractivity contribution >= 4 is 16.8 Å². The normalized spacial score (nSPS) is 12.3. The minimum absolute atomic E-state index is 0.187. The lowest BCUT2D eigenvalue weighted by Gasteiger charge is -2.05. The van der Waals surface area contributed by atoms with Crippen molar-refractivity contribution in [1.29, 1.82) is 0 Å². The molecule has 0 aliphatic heterocycles. The molecule has 0 amide bonds. The van der Waals surface area contributed by atoms with Crippen molar-refractivity contribution < 1.29 is 14.1 Å². The third-order valence-electron chi connectivity index (χ3n) is 2.75. The molecule has 6 heteroatoms. The maximum Gasteiger partial charge on any atom is 0.335 e. The maximum atomic E-state index is 12.2. The molecule has 1 heterocycles. The molecule has 19 heavy (non-hydrogen) atoms. The minimum atomic E-state index is -1.30. The highest BCUT2D eigenvalue weighted by Crippen LogP contribution is 2.16. The summed E-state index contributed by atoms with van der Waals surface area (Å²) in [6.45, 7) is 1.72. The second-order valence-electron chi connectivity index (χ2n) is 4.25. The molecule has 0 fully saturated rings. The zero-order chi connectivity index (χ0) is 14.0. The molecule has 5 nitrogen and oxygen atoms in total. The van der Waals surface area contributed by atoms with Gasteiger partial charge in [0, 0.05) is 18.1 Å². The van der Waals surface area contributed by atoms with Crippen LogP contribution in [0.5, 0.6) is 0 Å². The number of carbonyl (C=O) groups is 1. The molecular formula is C13H14N2O3S. The van der Waals surface area contributed by atoms with Crippen molar-refractivity contribution in [3.8, 4) is 0 Å². The fourth-order valence-electron chi connectivity index (χ4n) is 1.73. The average molecular weight is 278 g/mol. The first-order valence-electron chi connectivity index (χ1n) is 5.68. The van der Waals surface area contributed by atoms with E-state index >= 15 is 0 Å². The van der Waals surface area contributed by atoms with E-state index in [1.165, 1.54) is 6.07 Å². The standard InChI is InChI=1S/C13H14N2O3S/c1-9-3-4-11(7-12(9)13(16)17)19(18)8-10-5-6-15(2)14-10/h3-7H,8H2,1-2H3,(H,16,17). The van der Waals surface area contributed by atoms with E-state index in [0.717, 1.165) is 5.69 Å². The van der Waals surface area contributed by atoms with Crippen LogP contribution in [0, 0.1) is 6.92 Å². The number of carboxylic acid groups (broad SMARTS) is 1. The maximum absolute atomic E-state index is 12.2. The van der Waals surface area contributed by atoms with Gasteiger partial charge in [-0.25, -0.2) is 4.79 Å². The molecule has 1 atom stereocenters. The van der Waals surface area contributed by atoms with Gasteiger partial charge in [-0.15, -0.1) is 0 Å². The zero-order valence-corrected chi connectivity index (χ0v) is 11.5. The lowest BCUT2D eigenvalue weighted by atomic mass is 10.1. The number of aromatic nitrogens is 2. The van der Waals surface area contributed by atoms with Crippen molar-refractivity contribution in [1.82, 2.24) is 9.78 Å². The topological polar surface area (TPSA) is 72.2 Å². The van der Waals surface area contributed by atoms with E-state index in [9.17, 15) is 9.00 Å². The third-order valence-corrected chi connectivity index (χ3v) is 4.09. The molecule has 1 aromatic carbocycles. The lowest BCUT2D eigenvalue weighted by molar-refractivity contribution is 0.0696. The number of rotatable bonds is 4. The Kier molecular flexibility index (Phi) is 3.80. The summed E-state index contributed by atoms with van der Waals surface area (Å²) in [7, 11) is 0.497. The van der Waals surface area contributed by atoms with Crippen molar-refractivity contribution in [3.05, 3.63) is 47.3 Å². The Balaban J connectivity index is 2.24. The summed E-state index contributed by atoms with van der Waals surface area (Å²) in [5.74, 6) is -0.725. The Labute approximate surface area is 113 Å². The zero-order valence-electron chi connectivity index (χ0n) is 10.7. The van der Waals surface area contributed by atoms with Crippen molar-refractivity contribution in [2.24, 2.45) is 7.05 Å². The van der Waals surface area contributed by atoms with E-state index in [1.54, 1.807) is 43.0 Å². The number of aromatic carboxylic acids is 1. The van der Waals surface area contributed by atoms with Gasteiger partial charge in [0.2, 0.25) is 0 Å². The Morgan fingerprint density at radius 1 is 1.42 bits per heavy atom. The first kappa shape index (κ1) is 13.5. The van der Waals surface area contributed by atoms with Gasteiger partial charge in [0.1, 0.15) is 0 Å². The molecule has 1 unspecified atom stereocenters. The third kappa shape index (κ3) is 3.08. The molecule has 1 aromatic heterocycles. The quantitative estimate of drug-likeness (QED) is 0.924. The van der Waals surface area contributed by atoms with E-state index in [-0.39, 0.29) is 11.3 Å². The van der Waals surface area contributed by atoms with Crippen LogP contribution in [0.25, 0.3) is 0 Å². The molecule has 0 aliphatic rings. The van der Waals surface area contributed by atoms with Crippen LogP contribution in [0.4, 0.5) is 0 Å². The number of benzene rings is 1. The molecule has 0 spiro atoms. The predicted molar refractivity (Wildman–Crippen MR) is 71.5 cm³/mol. The highest BCUT2D eigenvalue weighted by molar-refractivity contribution is 7.84. The molecule has 1 N–H and O–H groups in total. The molecular weight excluding hydrogens is 264 g/mol. The average Bonchev–Trinajstić information content (AvgIpc) is 2.74. The van der Waals surface area contributed by atoms with Crippen molar-refractivity contribution in [2.45, 2.75) is 17.6 Å². The van der Waals surface area contributed by atoms with Gasteiger partial charge in [0.15, 0.2) is 0 Å². The summed E-state index contributed by atoms with van der Waals surface area (Å²) in [5, 5.41) is 13.2. The van der Waals surface area contributed by atoms with Crippen LogP contribution < -0.4 is 0 Å². The van der Waals surface area contributed by atoms with E-state index in [1.807, 2.05) is 0 Å². The fraction of sp³-hybridized carbons (Fsp3) is 0.231. The summed E-state index contributed by atoms with van der Waals surface area (Å²) in [6, 6.07) is 6.64. The Bertz CT molecular complexity index is 649. The van der Waals surface area contributed by atoms with Crippen LogP contribution in [0.3, 0.4) is 0 Å². The van der Waals surface area contributed by atoms with Gasteiger partial charge in [0.25, 0.3) is 0 Å².